The molecule has 0 aliphatic rings. The quantitative estimate of drug-likeness (QED) is 0.839. The molecule has 15 heavy (non-hydrogen) atoms. The maximum absolute atomic E-state index is 11.4. The molecule has 0 atom stereocenters. The van der Waals surface area contributed by atoms with Gasteiger partial charge in [0.15, 0.2) is 0 Å². The van der Waals surface area contributed by atoms with Crippen molar-refractivity contribution in [2.24, 2.45) is 5.73 Å². The summed E-state index contributed by atoms with van der Waals surface area (Å²) in [5.41, 5.74) is 7.11. The average Bonchev–Trinajstić information content (AvgIpc) is 2.08. The van der Waals surface area contributed by atoms with E-state index in [0.717, 1.165) is 15.7 Å². The normalized spacial score (nSPS) is 9.73. The summed E-state index contributed by atoms with van der Waals surface area (Å²) in [5.74, 6) is -0.202. The van der Waals surface area contributed by atoms with Gasteiger partial charge >= 0.3 is 0 Å². The summed E-state index contributed by atoms with van der Waals surface area (Å²) in [6.07, 6.45) is 0.0651. The van der Waals surface area contributed by atoms with Crippen LogP contribution in [0.15, 0.2) is 22.7 Å². The van der Waals surface area contributed by atoms with E-state index in [-0.39, 0.29) is 17.3 Å². The molecule has 80 valence electrons. The Labute approximate surface area is 102 Å². The molecule has 0 spiro atoms. The fraction of sp³-hybridized carbons (Fsp3) is 0.200. The molecule has 0 unspecified atom stereocenters. The lowest BCUT2D eigenvalue weighted by atomic mass is 10.2. The minimum atomic E-state index is -0.202. The Morgan fingerprint density at radius 1 is 1.60 bits per heavy atom. The van der Waals surface area contributed by atoms with Crippen molar-refractivity contribution in [1.29, 1.82) is 0 Å². The number of carbonyl (C=O) groups is 1. The minimum Gasteiger partial charge on any atom is -0.393 e. The van der Waals surface area contributed by atoms with E-state index in [0.29, 0.717) is 0 Å². The van der Waals surface area contributed by atoms with E-state index in [4.69, 9.17) is 5.73 Å². The lowest BCUT2D eigenvalue weighted by Gasteiger charge is -2.07. The van der Waals surface area contributed by atoms with Crippen LogP contribution in [0.4, 0.5) is 5.69 Å². The topological polar surface area (TPSA) is 55.1 Å². The fourth-order valence-electron chi connectivity index (χ4n) is 1.07. The third-order valence-corrected chi connectivity index (χ3v) is 2.53. The van der Waals surface area contributed by atoms with Crippen LogP contribution >= 0.6 is 28.1 Å². The number of carbonyl (C=O) groups excluding carboxylic acids is 1. The van der Waals surface area contributed by atoms with Gasteiger partial charge < -0.3 is 11.1 Å². The van der Waals surface area contributed by atoms with Crippen molar-refractivity contribution in [3.8, 4) is 0 Å². The van der Waals surface area contributed by atoms with Crippen molar-refractivity contribution in [1.82, 2.24) is 0 Å². The lowest BCUT2D eigenvalue weighted by Crippen LogP contribution is -2.20. The summed E-state index contributed by atoms with van der Waals surface area (Å²) >= 11 is 8.01. The zero-order chi connectivity index (χ0) is 11.4. The molecule has 0 radical (unpaired) electrons. The van der Waals surface area contributed by atoms with Gasteiger partial charge in [0.2, 0.25) is 5.91 Å². The molecule has 1 rings (SSSR count). The molecule has 0 saturated heterocycles. The van der Waals surface area contributed by atoms with Gasteiger partial charge in [0, 0.05) is 4.47 Å². The number of hydrogen-bond acceptors (Lipinski definition) is 2. The predicted octanol–water partition coefficient (Wildman–Crippen LogP) is 2.37. The first-order valence-electron chi connectivity index (χ1n) is 4.33. The SMILES string of the molecule is Cc1ccc(NC(=O)CC(N)=S)c(Br)c1. The number of anilines is 1. The third-order valence-electron chi connectivity index (χ3n) is 1.73. The maximum atomic E-state index is 11.4. The van der Waals surface area contributed by atoms with Crippen LogP contribution < -0.4 is 11.1 Å². The van der Waals surface area contributed by atoms with E-state index >= 15 is 0 Å². The van der Waals surface area contributed by atoms with Crippen LogP contribution in [-0.4, -0.2) is 10.9 Å². The van der Waals surface area contributed by atoms with Crippen molar-refractivity contribution in [2.75, 3.05) is 5.32 Å². The Balaban J connectivity index is 2.72. The second-order valence-electron chi connectivity index (χ2n) is 3.17. The van der Waals surface area contributed by atoms with Crippen LogP contribution in [0.25, 0.3) is 0 Å². The summed E-state index contributed by atoms with van der Waals surface area (Å²) in [4.78, 5) is 11.6. The van der Waals surface area contributed by atoms with E-state index < -0.39 is 0 Å². The highest BCUT2D eigenvalue weighted by molar-refractivity contribution is 9.10. The van der Waals surface area contributed by atoms with Crippen LogP contribution in [0.5, 0.6) is 0 Å². The first-order valence-corrected chi connectivity index (χ1v) is 5.53. The van der Waals surface area contributed by atoms with Crippen LogP contribution in [0.3, 0.4) is 0 Å². The monoisotopic (exact) mass is 286 g/mol. The number of hydrogen-bond donors (Lipinski definition) is 2. The Morgan fingerprint density at radius 3 is 2.80 bits per heavy atom. The number of nitrogens with two attached hydrogens (primary N) is 1. The van der Waals surface area contributed by atoms with Gasteiger partial charge in [-0.05, 0) is 40.5 Å². The molecule has 0 saturated carbocycles. The van der Waals surface area contributed by atoms with Gasteiger partial charge in [0.05, 0.1) is 17.1 Å². The first-order chi connectivity index (χ1) is 6.99. The van der Waals surface area contributed by atoms with E-state index in [2.05, 4.69) is 33.5 Å². The van der Waals surface area contributed by atoms with Crippen LogP contribution in [0.1, 0.15) is 12.0 Å². The minimum absolute atomic E-state index is 0.0651. The van der Waals surface area contributed by atoms with Gasteiger partial charge in [-0.3, -0.25) is 4.79 Å². The lowest BCUT2D eigenvalue weighted by molar-refractivity contribution is -0.115. The summed E-state index contributed by atoms with van der Waals surface area (Å²) in [6, 6.07) is 5.68. The molecule has 0 aliphatic carbocycles. The molecule has 1 aromatic carbocycles. The standard InChI is InChI=1S/C10H11BrN2OS/c1-6-2-3-8(7(11)4-6)13-10(14)5-9(12)15/h2-4H,5H2,1H3,(H2,12,15)(H,13,14). The first kappa shape index (κ1) is 12.1. The zero-order valence-electron chi connectivity index (χ0n) is 8.21. The molecular formula is C10H11BrN2OS. The molecule has 1 amide bonds. The third kappa shape index (κ3) is 3.97. The van der Waals surface area contributed by atoms with E-state index in [1.54, 1.807) is 0 Å². The van der Waals surface area contributed by atoms with Gasteiger partial charge in [0.1, 0.15) is 0 Å². The molecule has 0 bridgehead atoms. The van der Waals surface area contributed by atoms with Crippen molar-refractivity contribution in [2.45, 2.75) is 13.3 Å². The molecule has 5 heteroatoms. The van der Waals surface area contributed by atoms with Crippen LogP contribution in [0, 0.1) is 6.92 Å². The van der Waals surface area contributed by atoms with E-state index in [1.807, 2.05) is 25.1 Å². The van der Waals surface area contributed by atoms with Crippen molar-refractivity contribution < 1.29 is 4.79 Å². The summed E-state index contributed by atoms with van der Waals surface area (Å²) < 4.78 is 0.846. The second-order valence-corrected chi connectivity index (χ2v) is 4.55. The van der Waals surface area contributed by atoms with Crippen molar-refractivity contribution in [3.63, 3.8) is 0 Å². The number of aryl methyl sites for hydroxylation is 1. The Morgan fingerprint density at radius 2 is 2.27 bits per heavy atom. The number of nitrogens with one attached hydrogen (secondary N) is 1. The zero-order valence-corrected chi connectivity index (χ0v) is 10.6. The van der Waals surface area contributed by atoms with Gasteiger partial charge in [0.25, 0.3) is 0 Å². The van der Waals surface area contributed by atoms with Gasteiger partial charge in [-0.1, -0.05) is 18.3 Å². The molecule has 3 N–H and O–H groups in total. The fourth-order valence-corrected chi connectivity index (χ4v) is 1.80. The second kappa shape index (κ2) is 5.23. The van der Waals surface area contributed by atoms with Gasteiger partial charge in [-0.25, -0.2) is 0 Å². The molecule has 1 aromatic rings. The molecule has 0 aliphatic heterocycles. The van der Waals surface area contributed by atoms with Crippen molar-refractivity contribution >= 4 is 44.7 Å². The van der Waals surface area contributed by atoms with Gasteiger partial charge in [-0.2, -0.15) is 0 Å². The Bertz CT molecular complexity index is 406. The Kier molecular flexibility index (Phi) is 4.23. The largest absolute Gasteiger partial charge is 0.393 e. The maximum Gasteiger partial charge on any atom is 0.231 e. The predicted molar refractivity (Wildman–Crippen MR) is 68.9 cm³/mol. The number of benzene rings is 1. The number of halogens is 1. The number of rotatable bonds is 3. The summed E-state index contributed by atoms with van der Waals surface area (Å²) in [5, 5.41) is 2.72. The van der Waals surface area contributed by atoms with E-state index in [1.165, 1.54) is 0 Å². The highest BCUT2D eigenvalue weighted by Gasteiger charge is 2.06. The molecule has 0 aromatic heterocycles. The summed E-state index contributed by atoms with van der Waals surface area (Å²) in [6.45, 7) is 1.98. The van der Waals surface area contributed by atoms with Crippen molar-refractivity contribution in [3.05, 3.63) is 28.2 Å². The number of thiocarbonyl (C=S) groups is 1. The molecule has 0 fully saturated rings. The molecular weight excluding hydrogens is 276 g/mol. The summed E-state index contributed by atoms with van der Waals surface area (Å²) in [7, 11) is 0. The Hall–Kier alpha value is -0.940. The highest BCUT2D eigenvalue weighted by Crippen LogP contribution is 2.23. The highest BCUT2D eigenvalue weighted by atomic mass is 79.9. The smallest absolute Gasteiger partial charge is 0.231 e. The average molecular weight is 287 g/mol. The van der Waals surface area contributed by atoms with E-state index in [9.17, 15) is 4.79 Å². The van der Waals surface area contributed by atoms with Crippen LogP contribution in [0.2, 0.25) is 0 Å². The number of amides is 1. The van der Waals surface area contributed by atoms with Gasteiger partial charge in [-0.15, -0.1) is 0 Å². The van der Waals surface area contributed by atoms with Crippen LogP contribution in [-0.2, 0) is 4.79 Å². The molecule has 0 heterocycles. The molecule has 3 nitrogen and oxygen atoms in total.